The zero-order valence-corrected chi connectivity index (χ0v) is 13.5. The highest BCUT2D eigenvalue weighted by Gasteiger charge is 2.13. The number of nitrogens with zero attached hydrogens (tertiary/aromatic N) is 1. The summed E-state index contributed by atoms with van der Waals surface area (Å²) in [5, 5.41) is 0. The van der Waals surface area contributed by atoms with Gasteiger partial charge in [-0.15, -0.1) is 0 Å². The van der Waals surface area contributed by atoms with E-state index in [9.17, 15) is 0 Å². The van der Waals surface area contributed by atoms with Gasteiger partial charge < -0.3 is 10.6 Å². The highest BCUT2D eigenvalue weighted by Crippen LogP contribution is 2.26. The first-order valence-corrected chi connectivity index (χ1v) is 7.46. The smallest absolute Gasteiger partial charge is 0.0412 e. The highest BCUT2D eigenvalue weighted by molar-refractivity contribution is 9.10. The maximum Gasteiger partial charge on any atom is 0.0412 e. The molecule has 1 rings (SSSR count). The number of halogens is 1. The monoisotopic (exact) mass is 312 g/mol. The van der Waals surface area contributed by atoms with Crippen molar-refractivity contribution in [3.05, 3.63) is 28.2 Å². The molecular weight excluding hydrogens is 288 g/mol. The molecule has 18 heavy (non-hydrogen) atoms. The Morgan fingerprint density at radius 3 is 2.11 bits per heavy atom. The molecule has 2 N–H and O–H groups in total. The molecule has 0 saturated carbocycles. The molecule has 0 aliphatic rings. The average Bonchev–Trinajstić information content (AvgIpc) is 2.26. The quantitative estimate of drug-likeness (QED) is 0.859. The molecule has 102 valence electrons. The summed E-state index contributed by atoms with van der Waals surface area (Å²) < 4.78 is 1.10. The molecule has 0 saturated heterocycles. The first-order valence-electron chi connectivity index (χ1n) is 6.67. The van der Waals surface area contributed by atoms with E-state index in [0.29, 0.717) is 18.4 Å². The maximum atomic E-state index is 5.87. The average molecular weight is 313 g/mol. The normalized spacial score (nSPS) is 11.3. The van der Waals surface area contributed by atoms with Crippen LogP contribution in [0.5, 0.6) is 0 Å². The van der Waals surface area contributed by atoms with Crippen LogP contribution in [0.2, 0.25) is 0 Å². The molecule has 0 bridgehead atoms. The summed E-state index contributed by atoms with van der Waals surface area (Å²) in [5.41, 5.74) is 8.37. The van der Waals surface area contributed by atoms with Crippen LogP contribution in [0.25, 0.3) is 0 Å². The van der Waals surface area contributed by atoms with Crippen LogP contribution in [0.4, 0.5) is 5.69 Å². The van der Waals surface area contributed by atoms with Gasteiger partial charge in [0, 0.05) is 29.8 Å². The van der Waals surface area contributed by atoms with E-state index in [-0.39, 0.29) is 0 Å². The summed E-state index contributed by atoms with van der Waals surface area (Å²) in [6, 6.07) is 6.40. The molecule has 1 aromatic carbocycles. The third-order valence-electron chi connectivity index (χ3n) is 2.77. The number of hydrogen-bond donors (Lipinski definition) is 1. The minimum absolute atomic E-state index is 0.585. The molecule has 1 aromatic rings. The number of rotatable bonds is 6. The van der Waals surface area contributed by atoms with E-state index in [1.165, 1.54) is 11.3 Å². The molecule has 2 nitrogen and oxygen atoms in total. The lowest BCUT2D eigenvalue weighted by molar-refractivity contribution is 0.551. The Morgan fingerprint density at radius 2 is 1.67 bits per heavy atom. The van der Waals surface area contributed by atoms with Crippen LogP contribution < -0.4 is 10.6 Å². The molecule has 0 radical (unpaired) electrons. The van der Waals surface area contributed by atoms with Crippen molar-refractivity contribution in [2.24, 2.45) is 17.6 Å². The summed E-state index contributed by atoms with van der Waals surface area (Å²) in [7, 11) is 0. The lowest BCUT2D eigenvalue weighted by atomic mass is 10.1. The topological polar surface area (TPSA) is 29.3 Å². The first-order chi connectivity index (χ1) is 8.43. The predicted octanol–water partition coefficient (Wildman–Crippen LogP) is 4.03. The Balaban J connectivity index is 3.03. The van der Waals surface area contributed by atoms with E-state index < -0.39 is 0 Å². The van der Waals surface area contributed by atoms with E-state index in [0.717, 1.165) is 17.6 Å². The zero-order valence-electron chi connectivity index (χ0n) is 11.9. The molecule has 0 unspecified atom stereocenters. The van der Waals surface area contributed by atoms with Crippen molar-refractivity contribution in [3.8, 4) is 0 Å². The Bertz CT molecular complexity index is 365. The number of nitrogens with two attached hydrogens (primary N) is 1. The van der Waals surface area contributed by atoms with Gasteiger partial charge in [0.25, 0.3) is 0 Å². The Labute approximate surface area is 120 Å². The fourth-order valence-electron chi connectivity index (χ4n) is 2.18. The third-order valence-corrected chi connectivity index (χ3v) is 3.27. The van der Waals surface area contributed by atoms with Gasteiger partial charge in [-0.25, -0.2) is 0 Å². The largest absolute Gasteiger partial charge is 0.371 e. The van der Waals surface area contributed by atoms with Gasteiger partial charge in [-0.05, 0) is 35.6 Å². The SMILES string of the molecule is CC(C)CN(CC(C)C)c1ccc(Br)cc1CN. The van der Waals surface area contributed by atoms with Gasteiger partial charge >= 0.3 is 0 Å². The number of benzene rings is 1. The minimum Gasteiger partial charge on any atom is -0.371 e. The van der Waals surface area contributed by atoms with Gasteiger partial charge in [-0.3, -0.25) is 0 Å². The van der Waals surface area contributed by atoms with Crippen molar-refractivity contribution < 1.29 is 0 Å². The van der Waals surface area contributed by atoms with Crippen molar-refractivity contribution in [2.75, 3.05) is 18.0 Å². The van der Waals surface area contributed by atoms with E-state index in [1.54, 1.807) is 0 Å². The standard InChI is InChI=1S/C15H25BrN2/c1-11(2)9-18(10-12(3)4)15-6-5-14(16)7-13(15)8-17/h5-7,11-12H,8-10,17H2,1-4H3. The zero-order chi connectivity index (χ0) is 13.7. The van der Waals surface area contributed by atoms with Gasteiger partial charge in [-0.1, -0.05) is 43.6 Å². The second-order valence-corrected chi connectivity index (χ2v) is 6.59. The molecule has 0 spiro atoms. The number of anilines is 1. The molecule has 3 heteroatoms. The predicted molar refractivity (Wildman–Crippen MR) is 83.9 cm³/mol. The third kappa shape index (κ3) is 4.62. The van der Waals surface area contributed by atoms with E-state index in [4.69, 9.17) is 5.73 Å². The Morgan fingerprint density at radius 1 is 1.11 bits per heavy atom. The second-order valence-electron chi connectivity index (χ2n) is 5.67. The van der Waals surface area contributed by atoms with E-state index >= 15 is 0 Å². The lowest BCUT2D eigenvalue weighted by Gasteiger charge is -2.30. The van der Waals surface area contributed by atoms with Crippen molar-refractivity contribution in [1.29, 1.82) is 0 Å². The summed E-state index contributed by atoms with van der Waals surface area (Å²) in [4.78, 5) is 2.46. The fraction of sp³-hybridized carbons (Fsp3) is 0.600. The molecule has 0 aliphatic carbocycles. The van der Waals surface area contributed by atoms with Crippen LogP contribution in [0.15, 0.2) is 22.7 Å². The second kappa shape index (κ2) is 7.15. The van der Waals surface area contributed by atoms with Crippen molar-refractivity contribution >= 4 is 21.6 Å². The van der Waals surface area contributed by atoms with Gasteiger partial charge in [-0.2, -0.15) is 0 Å². The summed E-state index contributed by atoms with van der Waals surface area (Å²) in [6.45, 7) is 11.8. The van der Waals surface area contributed by atoms with Crippen LogP contribution in [0, 0.1) is 11.8 Å². The summed E-state index contributed by atoms with van der Waals surface area (Å²) >= 11 is 3.51. The Hall–Kier alpha value is -0.540. The maximum absolute atomic E-state index is 5.87. The molecule has 0 fully saturated rings. The minimum atomic E-state index is 0.585. The van der Waals surface area contributed by atoms with Crippen LogP contribution in [0.3, 0.4) is 0 Å². The molecule has 0 amide bonds. The molecule has 0 aliphatic heterocycles. The van der Waals surface area contributed by atoms with Crippen molar-refractivity contribution in [3.63, 3.8) is 0 Å². The van der Waals surface area contributed by atoms with Crippen molar-refractivity contribution in [1.82, 2.24) is 0 Å². The van der Waals surface area contributed by atoms with E-state index in [2.05, 4.69) is 66.7 Å². The Kier molecular flexibility index (Phi) is 6.16. The van der Waals surface area contributed by atoms with Gasteiger partial charge in [0.2, 0.25) is 0 Å². The highest BCUT2D eigenvalue weighted by atomic mass is 79.9. The molecule has 0 aromatic heterocycles. The first kappa shape index (κ1) is 15.5. The molecule has 0 atom stereocenters. The van der Waals surface area contributed by atoms with Gasteiger partial charge in [0.1, 0.15) is 0 Å². The number of hydrogen-bond acceptors (Lipinski definition) is 2. The van der Waals surface area contributed by atoms with E-state index in [1.807, 2.05) is 0 Å². The van der Waals surface area contributed by atoms with Crippen molar-refractivity contribution in [2.45, 2.75) is 34.2 Å². The van der Waals surface area contributed by atoms with Gasteiger partial charge in [0.05, 0.1) is 0 Å². The fourth-order valence-corrected chi connectivity index (χ4v) is 2.59. The summed E-state index contributed by atoms with van der Waals surface area (Å²) in [6.07, 6.45) is 0. The molecular formula is C15H25BrN2. The van der Waals surface area contributed by atoms with Gasteiger partial charge in [0.15, 0.2) is 0 Å². The van der Waals surface area contributed by atoms with Crippen LogP contribution in [0.1, 0.15) is 33.3 Å². The molecule has 0 heterocycles. The lowest BCUT2D eigenvalue weighted by Crippen LogP contribution is -2.32. The van der Waals surface area contributed by atoms with Crippen LogP contribution >= 0.6 is 15.9 Å². The van der Waals surface area contributed by atoms with Crippen LogP contribution in [-0.4, -0.2) is 13.1 Å². The van der Waals surface area contributed by atoms with Crippen LogP contribution in [-0.2, 0) is 6.54 Å². The summed E-state index contributed by atoms with van der Waals surface area (Å²) in [5.74, 6) is 1.30.